The van der Waals surface area contributed by atoms with E-state index in [1.807, 2.05) is 6.07 Å². The van der Waals surface area contributed by atoms with E-state index in [1.165, 1.54) is 12.8 Å². The Morgan fingerprint density at radius 2 is 1.85 bits per heavy atom. The summed E-state index contributed by atoms with van der Waals surface area (Å²) in [6.45, 7) is 4.56. The number of benzene rings is 1. The highest BCUT2D eigenvalue weighted by atomic mass is 16.2. The number of carbonyl (C=O) groups is 2. The van der Waals surface area contributed by atoms with Crippen molar-refractivity contribution in [3.63, 3.8) is 0 Å². The van der Waals surface area contributed by atoms with Gasteiger partial charge in [-0.15, -0.1) is 0 Å². The van der Waals surface area contributed by atoms with Crippen LogP contribution in [0.3, 0.4) is 0 Å². The van der Waals surface area contributed by atoms with Gasteiger partial charge in [0, 0.05) is 11.7 Å². The summed E-state index contributed by atoms with van der Waals surface area (Å²) >= 11 is 0. The Labute approximate surface area is 118 Å². The van der Waals surface area contributed by atoms with E-state index in [2.05, 4.69) is 24.5 Å². The molecule has 2 aliphatic rings. The number of imide groups is 1. The van der Waals surface area contributed by atoms with E-state index >= 15 is 0 Å². The van der Waals surface area contributed by atoms with Crippen LogP contribution in [0.2, 0.25) is 0 Å². The lowest BCUT2D eigenvalue weighted by atomic mass is 9.80. The van der Waals surface area contributed by atoms with Gasteiger partial charge in [-0.3, -0.25) is 14.9 Å². The number of hydrogen-bond donors (Lipinski definition) is 2. The van der Waals surface area contributed by atoms with Gasteiger partial charge in [-0.2, -0.15) is 0 Å². The molecule has 3 rings (SSSR count). The summed E-state index contributed by atoms with van der Waals surface area (Å²) in [5.41, 5.74) is 1.89. The van der Waals surface area contributed by atoms with Gasteiger partial charge in [-0.1, -0.05) is 20.3 Å². The molecule has 4 heteroatoms. The quantitative estimate of drug-likeness (QED) is 0.814. The SMILES string of the molecule is CC1CCC(C)C(Nc2ccc3c(c2)C(=O)NC3=O)C1. The van der Waals surface area contributed by atoms with Crippen LogP contribution < -0.4 is 10.6 Å². The first-order chi connectivity index (χ1) is 9.54. The van der Waals surface area contributed by atoms with Gasteiger partial charge in [0.05, 0.1) is 11.1 Å². The Bertz CT molecular complexity index is 568. The highest BCUT2D eigenvalue weighted by Crippen LogP contribution is 2.31. The molecular formula is C16H20N2O2. The predicted molar refractivity (Wildman–Crippen MR) is 77.8 cm³/mol. The zero-order valence-corrected chi connectivity index (χ0v) is 11.9. The van der Waals surface area contributed by atoms with Crippen LogP contribution in [0.4, 0.5) is 5.69 Å². The van der Waals surface area contributed by atoms with Crippen molar-refractivity contribution in [2.24, 2.45) is 11.8 Å². The van der Waals surface area contributed by atoms with Crippen molar-refractivity contribution in [2.45, 2.75) is 39.2 Å². The highest BCUT2D eigenvalue weighted by molar-refractivity contribution is 6.21. The first-order valence-corrected chi connectivity index (χ1v) is 7.31. The standard InChI is InChI=1S/C16H20N2O2/c1-9-3-4-10(2)14(7-9)17-11-5-6-12-13(8-11)16(20)18-15(12)19/h5-6,8-10,14,17H,3-4,7H2,1-2H3,(H,18,19,20). The molecule has 4 nitrogen and oxygen atoms in total. The molecule has 1 fully saturated rings. The summed E-state index contributed by atoms with van der Waals surface area (Å²) in [4.78, 5) is 23.2. The third kappa shape index (κ3) is 2.30. The summed E-state index contributed by atoms with van der Waals surface area (Å²) < 4.78 is 0. The molecule has 3 unspecified atom stereocenters. The molecule has 0 radical (unpaired) electrons. The maximum absolute atomic E-state index is 11.7. The van der Waals surface area contributed by atoms with E-state index in [0.717, 1.165) is 18.0 Å². The number of carbonyl (C=O) groups excluding carboxylic acids is 2. The molecule has 106 valence electrons. The number of amides is 2. The van der Waals surface area contributed by atoms with Crippen LogP contribution in [0.25, 0.3) is 0 Å². The number of nitrogens with one attached hydrogen (secondary N) is 2. The zero-order valence-electron chi connectivity index (χ0n) is 11.9. The second-order valence-electron chi connectivity index (χ2n) is 6.19. The zero-order chi connectivity index (χ0) is 14.3. The van der Waals surface area contributed by atoms with Crippen molar-refractivity contribution in [3.05, 3.63) is 29.3 Å². The van der Waals surface area contributed by atoms with Crippen molar-refractivity contribution in [1.82, 2.24) is 5.32 Å². The summed E-state index contributed by atoms with van der Waals surface area (Å²) in [6.07, 6.45) is 3.69. The molecular weight excluding hydrogens is 252 g/mol. The number of anilines is 1. The van der Waals surface area contributed by atoms with E-state index in [9.17, 15) is 9.59 Å². The van der Waals surface area contributed by atoms with Gasteiger partial charge in [0.25, 0.3) is 11.8 Å². The molecule has 2 amide bonds. The molecule has 1 aromatic rings. The van der Waals surface area contributed by atoms with E-state index in [0.29, 0.717) is 23.1 Å². The smallest absolute Gasteiger partial charge is 0.259 e. The van der Waals surface area contributed by atoms with Crippen LogP contribution in [0.1, 0.15) is 53.8 Å². The molecule has 20 heavy (non-hydrogen) atoms. The van der Waals surface area contributed by atoms with E-state index < -0.39 is 0 Å². The van der Waals surface area contributed by atoms with Crippen LogP contribution in [-0.2, 0) is 0 Å². The summed E-state index contributed by atoms with van der Waals surface area (Å²) in [6, 6.07) is 5.86. The Kier molecular flexibility index (Phi) is 3.24. The molecule has 0 aromatic heterocycles. The number of rotatable bonds is 2. The fourth-order valence-electron chi connectivity index (χ4n) is 3.21. The van der Waals surface area contributed by atoms with Gasteiger partial charge in [-0.05, 0) is 42.9 Å². The molecule has 3 atom stereocenters. The van der Waals surface area contributed by atoms with E-state index in [4.69, 9.17) is 0 Å². The lowest BCUT2D eigenvalue weighted by Gasteiger charge is -2.34. The minimum atomic E-state index is -0.295. The van der Waals surface area contributed by atoms with Crippen LogP contribution >= 0.6 is 0 Å². The molecule has 0 spiro atoms. The molecule has 1 heterocycles. The Morgan fingerprint density at radius 1 is 1.10 bits per heavy atom. The minimum Gasteiger partial charge on any atom is -0.382 e. The Morgan fingerprint density at radius 3 is 2.65 bits per heavy atom. The maximum Gasteiger partial charge on any atom is 0.259 e. The first-order valence-electron chi connectivity index (χ1n) is 7.31. The van der Waals surface area contributed by atoms with Crippen molar-refractivity contribution in [3.8, 4) is 0 Å². The van der Waals surface area contributed by atoms with Crippen LogP contribution in [-0.4, -0.2) is 17.9 Å². The normalized spacial score (nSPS) is 29.0. The fourth-order valence-corrected chi connectivity index (χ4v) is 3.21. The number of fused-ring (bicyclic) bond motifs is 1. The Hall–Kier alpha value is -1.84. The lowest BCUT2D eigenvalue weighted by molar-refractivity contribution is 0.0879. The van der Waals surface area contributed by atoms with Crippen LogP contribution in [0, 0.1) is 11.8 Å². The molecule has 1 saturated carbocycles. The van der Waals surface area contributed by atoms with Crippen LogP contribution in [0.5, 0.6) is 0 Å². The van der Waals surface area contributed by atoms with Gasteiger partial charge < -0.3 is 5.32 Å². The minimum absolute atomic E-state index is 0.293. The summed E-state index contributed by atoms with van der Waals surface area (Å²) in [5.74, 6) is 0.785. The fraction of sp³-hybridized carbons (Fsp3) is 0.500. The lowest BCUT2D eigenvalue weighted by Crippen LogP contribution is -2.33. The molecule has 2 N–H and O–H groups in total. The van der Waals surface area contributed by atoms with Crippen molar-refractivity contribution >= 4 is 17.5 Å². The predicted octanol–water partition coefficient (Wildman–Crippen LogP) is 2.81. The number of hydrogen-bond acceptors (Lipinski definition) is 3. The van der Waals surface area contributed by atoms with Crippen molar-refractivity contribution in [1.29, 1.82) is 0 Å². The average Bonchev–Trinajstić information content (AvgIpc) is 2.69. The maximum atomic E-state index is 11.7. The van der Waals surface area contributed by atoms with Gasteiger partial charge in [0.15, 0.2) is 0 Å². The Balaban J connectivity index is 1.80. The topological polar surface area (TPSA) is 58.2 Å². The molecule has 0 saturated heterocycles. The third-order valence-electron chi connectivity index (χ3n) is 4.55. The van der Waals surface area contributed by atoms with Gasteiger partial charge in [0.1, 0.15) is 0 Å². The van der Waals surface area contributed by atoms with Crippen molar-refractivity contribution in [2.75, 3.05) is 5.32 Å². The second-order valence-corrected chi connectivity index (χ2v) is 6.19. The molecule has 1 aliphatic heterocycles. The largest absolute Gasteiger partial charge is 0.382 e. The molecule has 1 aliphatic carbocycles. The van der Waals surface area contributed by atoms with E-state index in [1.54, 1.807) is 12.1 Å². The van der Waals surface area contributed by atoms with Gasteiger partial charge >= 0.3 is 0 Å². The third-order valence-corrected chi connectivity index (χ3v) is 4.55. The summed E-state index contributed by atoms with van der Waals surface area (Å²) in [7, 11) is 0. The monoisotopic (exact) mass is 272 g/mol. The highest BCUT2D eigenvalue weighted by Gasteiger charge is 2.28. The molecule has 1 aromatic carbocycles. The van der Waals surface area contributed by atoms with Crippen molar-refractivity contribution < 1.29 is 9.59 Å². The first kappa shape index (κ1) is 13.2. The average molecular weight is 272 g/mol. The van der Waals surface area contributed by atoms with Gasteiger partial charge in [-0.25, -0.2) is 0 Å². The molecule has 0 bridgehead atoms. The van der Waals surface area contributed by atoms with Crippen LogP contribution in [0.15, 0.2) is 18.2 Å². The second kappa shape index (κ2) is 4.93. The summed E-state index contributed by atoms with van der Waals surface area (Å²) in [5, 5.41) is 5.86. The van der Waals surface area contributed by atoms with Gasteiger partial charge in [0.2, 0.25) is 0 Å². The van der Waals surface area contributed by atoms with E-state index in [-0.39, 0.29) is 11.8 Å².